The Labute approximate surface area is 167 Å². The molecule has 0 spiro atoms. The second-order valence-corrected chi connectivity index (χ2v) is 6.47. The third-order valence-electron chi connectivity index (χ3n) is 4.62. The van der Waals surface area contributed by atoms with Crippen LogP contribution in [-0.4, -0.2) is 20.3 Å². The van der Waals surface area contributed by atoms with Crippen LogP contribution in [-0.2, 0) is 6.18 Å². The minimum Gasteiger partial charge on any atom is -0.410 e. The molecule has 0 fully saturated rings. The number of benzene rings is 2. The fourth-order valence-electron chi connectivity index (χ4n) is 3.33. The van der Waals surface area contributed by atoms with E-state index in [9.17, 15) is 22.8 Å². The predicted molar refractivity (Wildman–Crippen MR) is 104 cm³/mol. The first-order valence-electron chi connectivity index (χ1n) is 8.72. The van der Waals surface area contributed by atoms with Gasteiger partial charge in [-0.05, 0) is 24.3 Å². The Bertz CT molecular complexity index is 1260. The van der Waals surface area contributed by atoms with Crippen molar-refractivity contribution in [2.24, 2.45) is 5.16 Å². The van der Waals surface area contributed by atoms with E-state index in [0.29, 0.717) is 11.1 Å². The van der Waals surface area contributed by atoms with Crippen LogP contribution in [0.2, 0.25) is 0 Å². The van der Waals surface area contributed by atoms with Crippen molar-refractivity contribution in [3.05, 3.63) is 89.4 Å². The molecule has 0 aliphatic heterocycles. The highest BCUT2D eigenvalue weighted by molar-refractivity contribution is 6.12. The van der Waals surface area contributed by atoms with E-state index >= 15 is 0 Å². The van der Waals surface area contributed by atoms with Gasteiger partial charge in [0, 0.05) is 17.3 Å². The van der Waals surface area contributed by atoms with E-state index in [1.807, 2.05) is 0 Å². The van der Waals surface area contributed by atoms with Gasteiger partial charge in [0.2, 0.25) is 0 Å². The second-order valence-electron chi connectivity index (χ2n) is 6.47. The SMILES string of the molecule is Nc1nc2ccc(C(=NO)c3ccccc3)cn2c1-c1c(F)cccc1C(F)(F)F. The molecule has 0 amide bonds. The Morgan fingerprint density at radius 2 is 1.70 bits per heavy atom. The number of nitrogen functional groups attached to an aromatic ring is 1. The number of nitrogens with zero attached hydrogens (tertiary/aromatic N) is 3. The molecule has 5 nitrogen and oxygen atoms in total. The summed E-state index contributed by atoms with van der Waals surface area (Å²) < 4.78 is 56.5. The zero-order valence-corrected chi connectivity index (χ0v) is 15.2. The highest BCUT2D eigenvalue weighted by Crippen LogP contribution is 2.40. The zero-order valence-electron chi connectivity index (χ0n) is 15.2. The summed E-state index contributed by atoms with van der Waals surface area (Å²) in [4.78, 5) is 4.06. The maximum absolute atomic E-state index is 14.6. The van der Waals surface area contributed by atoms with Gasteiger partial charge in [0.15, 0.2) is 5.82 Å². The molecular weight excluding hydrogens is 400 g/mol. The van der Waals surface area contributed by atoms with Gasteiger partial charge in [0.25, 0.3) is 0 Å². The van der Waals surface area contributed by atoms with Crippen molar-refractivity contribution in [1.82, 2.24) is 9.38 Å². The number of aromatic nitrogens is 2. The van der Waals surface area contributed by atoms with Gasteiger partial charge >= 0.3 is 6.18 Å². The Morgan fingerprint density at radius 1 is 0.967 bits per heavy atom. The molecule has 9 heteroatoms. The third-order valence-corrected chi connectivity index (χ3v) is 4.62. The van der Waals surface area contributed by atoms with Crippen LogP contribution in [0.3, 0.4) is 0 Å². The van der Waals surface area contributed by atoms with Gasteiger partial charge in [-0.15, -0.1) is 0 Å². The number of halogens is 4. The molecule has 2 aromatic heterocycles. The Balaban J connectivity index is 1.99. The highest BCUT2D eigenvalue weighted by Gasteiger charge is 2.36. The molecule has 0 radical (unpaired) electrons. The molecule has 4 aromatic rings. The van der Waals surface area contributed by atoms with Crippen molar-refractivity contribution < 1.29 is 22.8 Å². The molecule has 0 saturated heterocycles. The summed E-state index contributed by atoms with van der Waals surface area (Å²) in [5.74, 6) is -1.34. The number of nitrogens with two attached hydrogens (primary N) is 1. The van der Waals surface area contributed by atoms with Crippen LogP contribution in [0.5, 0.6) is 0 Å². The molecule has 0 bridgehead atoms. The number of anilines is 1. The lowest BCUT2D eigenvalue weighted by Crippen LogP contribution is -2.10. The van der Waals surface area contributed by atoms with Gasteiger partial charge < -0.3 is 10.9 Å². The normalized spacial score (nSPS) is 12.5. The quantitative estimate of drug-likeness (QED) is 0.215. The monoisotopic (exact) mass is 414 g/mol. The first-order valence-corrected chi connectivity index (χ1v) is 8.72. The Morgan fingerprint density at radius 3 is 2.37 bits per heavy atom. The van der Waals surface area contributed by atoms with Crippen LogP contribution in [0.25, 0.3) is 16.9 Å². The first-order chi connectivity index (χ1) is 14.3. The third kappa shape index (κ3) is 3.24. The van der Waals surface area contributed by atoms with Crippen molar-refractivity contribution in [3.63, 3.8) is 0 Å². The Kier molecular flexibility index (Phi) is 4.65. The van der Waals surface area contributed by atoms with E-state index in [2.05, 4.69) is 10.1 Å². The fourth-order valence-corrected chi connectivity index (χ4v) is 3.33. The molecular formula is C21H14F4N4O. The lowest BCUT2D eigenvalue weighted by atomic mass is 10.0. The number of rotatable bonds is 3. The molecule has 2 heterocycles. The van der Waals surface area contributed by atoms with Crippen molar-refractivity contribution in [1.29, 1.82) is 0 Å². The Hall–Kier alpha value is -3.88. The molecule has 0 unspecified atom stereocenters. The van der Waals surface area contributed by atoms with E-state index in [-0.39, 0.29) is 22.9 Å². The molecule has 0 atom stereocenters. The lowest BCUT2D eigenvalue weighted by molar-refractivity contribution is -0.137. The van der Waals surface area contributed by atoms with E-state index in [1.54, 1.807) is 36.4 Å². The molecule has 0 aliphatic rings. The number of imidazole rings is 1. The summed E-state index contributed by atoms with van der Waals surface area (Å²) in [6.45, 7) is 0. The van der Waals surface area contributed by atoms with Crippen LogP contribution in [0.15, 0.2) is 72.0 Å². The van der Waals surface area contributed by atoms with Gasteiger partial charge in [0.1, 0.15) is 22.9 Å². The molecule has 0 saturated carbocycles. The average molecular weight is 414 g/mol. The summed E-state index contributed by atoms with van der Waals surface area (Å²) in [6.07, 6.45) is -3.39. The van der Waals surface area contributed by atoms with E-state index < -0.39 is 23.1 Å². The predicted octanol–water partition coefficient (Wildman–Crippen LogP) is 4.97. The van der Waals surface area contributed by atoms with E-state index in [1.165, 1.54) is 16.7 Å². The van der Waals surface area contributed by atoms with Crippen LogP contribution in [0, 0.1) is 5.82 Å². The molecule has 2 aromatic carbocycles. The first kappa shape index (κ1) is 19.4. The number of hydrogen-bond donors (Lipinski definition) is 2. The van der Waals surface area contributed by atoms with Crippen LogP contribution in [0.4, 0.5) is 23.4 Å². The number of pyridine rings is 1. The fraction of sp³-hybridized carbons (Fsp3) is 0.0476. The summed E-state index contributed by atoms with van der Waals surface area (Å²) in [7, 11) is 0. The van der Waals surface area contributed by atoms with Gasteiger partial charge in [-0.3, -0.25) is 4.40 Å². The molecule has 152 valence electrons. The maximum atomic E-state index is 14.6. The maximum Gasteiger partial charge on any atom is 0.417 e. The van der Waals surface area contributed by atoms with E-state index in [4.69, 9.17) is 5.73 Å². The average Bonchev–Trinajstić information content (AvgIpc) is 3.03. The van der Waals surface area contributed by atoms with Crippen molar-refractivity contribution in [3.8, 4) is 11.3 Å². The van der Waals surface area contributed by atoms with Crippen molar-refractivity contribution >= 4 is 17.2 Å². The summed E-state index contributed by atoms with van der Waals surface area (Å²) in [5.41, 5.74) is 5.14. The molecule has 30 heavy (non-hydrogen) atoms. The van der Waals surface area contributed by atoms with E-state index in [0.717, 1.165) is 18.2 Å². The molecule has 3 N–H and O–H groups in total. The van der Waals surface area contributed by atoms with Crippen LogP contribution in [0.1, 0.15) is 16.7 Å². The summed E-state index contributed by atoms with van der Waals surface area (Å²) in [6, 6.07) is 14.5. The highest BCUT2D eigenvalue weighted by atomic mass is 19.4. The summed E-state index contributed by atoms with van der Waals surface area (Å²) in [5, 5.41) is 12.8. The molecule has 4 rings (SSSR count). The van der Waals surface area contributed by atoms with Crippen LogP contribution >= 0.6 is 0 Å². The van der Waals surface area contributed by atoms with Gasteiger partial charge in [0.05, 0.1) is 11.1 Å². The smallest absolute Gasteiger partial charge is 0.410 e. The van der Waals surface area contributed by atoms with Crippen LogP contribution < -0.4 is 5.73 Å². The minimum atomic E-state index is -4.80. The van der Waals surface area contributed by atoms with Crippen molar-refractivity contribution in [2.45, 2.75) is 6.18 Å². The van der Waals surface area contributed by atoms with Gasteiger partial charge in [-0.1, -0.05) is 41.6 Å². The van der Waals surface area contributed by atoms with Gasteiger partial charge in [-0.25, -0.2) is 9.37 Å². The molecule has 0 aliphatic carbocycles. The number of hydrogen-bond acceptors (Lipinski definition) is 4. The standard InChI is InChI=1S/C21H14F4N4O/c22-15-8-4-7-14(21(23,24)25)17(15)19-20(26)27-16-10-9-13(11-29(16)19)18(28-30)12-5-2-1-3-6-12/h1-11,30H,26H2. The number of oxime groups is 1. The topological polar surface area (TPSA) is 75.9 Å². The largest absolute Gasteiger partial charge is 0.417 e. The van der Waals surface area contributed by atoms with Gasteiger partial charge in [-0.2, -0.15) is 13.2 Å². The minimum absolute atomic E-state index is 0.181. The number of fused-ring (bicyclic) bond motifs is 1. The second kappa shape index (κ2) is 7.18. The lowest BCUT2D eigenvalue weighted by Gasteiger charge is -2.14. The van der Waals surface area contributed by atoms with Crippen molar-refractivity contribution in [2.75, 3.05) is 5.73 Å². The summed E-state index contributed by atoms with van der Waals surface area (Å²) >= 11 is 0. The number of alkyl halides is 3. The zero-order chi connectivity index (χ0) is 21.5.